The Morgan fingerprint density at radius 3 is 2.05 bits per heavy atom. The Labute approximate surface area is 142 Å². The van der Waals surface area contributed by atoms with Gasteiger partial charge in [0.25, 0.3) is 0 Å². The topological polar surface area (TPSA) is 0 Å². The van der Waals surface area contributed by atoms with E-state index in [1.54, 1.807) is 0 Å². The van der Waals surface area contributed by atoms with Crippen LogP contribution in [0.3, 0.4) is 0 Å². The molecule has 1 atom stereocenters. The first-order valence-corrected chi connectivity index (χ1v) is 9.31. The molecule has 4 aliphatic rings. The molecule has 0 heterocycles. The van der Waals surface area contributed by atoms with Crippen molar-refractivity contribution < 1.29 is 0 Å². The molecule has 0 aliphatic heterocycles. The Bertz CT molecular complexity index is 516. The number of alkyl halides is 1. The van der Waals surface area contributed by atoms with E-state index < -0.39 is 0 Å². The zero-order valence-corrected chi connectivity index (χ0v) is 14.4. The SMILES string of the molecule is Clc1ccc(CC(Cl)C23CC4CC(CC(C4)C2)C3)cc1Cl. The van der Waals surface area contributed by atoms with Crippen LogP contribution in [0.2, 0.25) is 10.0 Å². The third kappa shape index (κ3) is 2.62. The van der Waals surface area contributed by atoms with Crippen LogP contribution in [0.1, 0.15) is 44.1 Å². The Hall–Kier alpha value is 0.0900. The van der Waals surface area contributed by atoms with E-state index in [-0.39, 0.29) is 5.38 Å². The molecular weight excluding hydrogens is 323 g/mol. The molecule has 21 heavy (non-hydrogen) atoms. The average molecular weight is 344 g/mol. The quantitative estimate of drug-likeness (QED) is 0.560. The summed E-state index contributed by atoms with van der Waals surface area (Å²) in [5, 5.41) is 1.51. The lowest BCUT2D eigenvalue weighted by Gasteiger charge is -2.58. The van der Waals surface area contributed by atoms with E-state index >= 15 is 0 Å². The monoisotopic (exact) mass is 342 g/mol. The van der Waals surface area contributed by atoms with Gasteiger partial charge in [0.05, 0.1) is 10.0 Å². The number of halogens is 3. The largest absolute Gasteiger partial charge is 0.122 e. The van der Waals surface area contributed by atoms with Crippen LogP contribution < -0.4 is 0 Å². The van der Waals surface area contributed by atoms with Crippen LogP contribution in [-0.4, -0.2) is 5.38 Å². The fraction of sp³-hybridized carbons (Fsp3) is 0.667. The van der Waals surface area contributed by atoms with Gasteiger partial charge in [0, 0.05) is 5.38 Å². The van der Waals surface area contributed by atoms with Crippen molar-refractivity contribution in [3.63, 3.8) is 0 Å². The zero-order chi connectivity index (χ0) is 14.6. The summed E-state index contributed by atoms with van der Waals surface area (Å²) in [6.07, 6.45) is 9.39. The van der Waals surface area contributed by atoms with Crippen LogP contribution in [0.15, 0.2) is 18.2 Å². The van der Waals surface area contributed by atoms with Crippen molar-refractivity contribution in [2.75, 3.05) is 0 Å². The second kappa shape index (κ2) is 5.32. The van der Waals surface area contributed by atoms with E-state index in [1.165, 1.54) is 44.1 Å². The Kier molecular flexibility index (Phi) is 3.72. The van der Waals surface area contributed by atoms with Crippen LogP contribution in [0.5, 0.6) is 0 Å². The van der Waals surface area contributed by atoms with Crippen molar-refractivity contribution in [2.24, 2.45) is 23.2 Å². The van der Waals surface area contributed by atoms with E-state index in [0.717, 1.165) is 24.2 Å². The maximum absolute atomic E-state index is 6.95. The van der Waals surface area contributed by atoms with Gasteiger partial charge in [0.15, 0.2) is 0 Å². The number of hydrogen-bond acceptors (Lipinski definition) is 0. The molecule has 0 nitrogen and oxygen atoms in total. The van der Waals surface area contributed by atoms with Crippen molar-refractivity contribution >= 4 is 34.8 Å². The molecule has 4 aliphatic carbocycles. The Morgan fingerprint density at radius 1 is 0.952 bits per heavy atom. The molecule has 4 fully saturated rings. The van der Waals surface area contributed by atoms with Gasteiger partial charge in [-0.25, -0.2) is 0 Å². The lowest BCUT2D eigenvalue weighted by atomic mass is 9.48. The third-order valence-corrected chi connectivity index (χ3v) is 7.51. The molecule has 1 unspecified atom stereocenters. The molecule has 0 radical (unpaired) electrons. The molecule has 1 aromatic carbocycles. The highest BCUT2D eigenvalue weighted by Gasteiger charge is 2.53. The smallest absolute Gasteiger partial charge is 0.0595 e. The van der Waals surface area contributed by atoms with Gasteiger partial charge < -0.3 is 0 Å². The van der Waals surface area contributed by atoms with E-state index in [0.29, 0.717) is 15.5 Å². The van der Waals surface area contributed by atoms with Crippen molar-refractivity contribution in [3.05, 3.63) is 33.8 Å². The van der Waals surface area contributed by atoms with Gasteiger partial charge >= 0.3 is 0 Å². The standard InChI is InChI=1S/C18H21Cl3/c19-15-2-1-11(6-16(15)20)7-17(21)18-8-12-3-13(9-18)5-14(4-12)10-18/h1-2,6,12-14,17H,3-5,7-10H2. The molecule has 0 spiro atoms. The number of benzene rings is 1. The highest BCUT2D eigenvalue weighted by atomic mass is 35.5. The van der Waals surface area contributed by atoms with E-state index in [9.17, 15) is 0 Å². The van der Waals surface area contributed by atoms with Crippen LogP contribution >= 0.6 is 34.8 Å². The van der Waals surface area contributed by atoms with Gasteiger partial charge in [-0.1, -0.05) is 29.3 Å². The molecule has 0 N–H and O–H groups in total. The first-order valence-electron chi connectivity index (χ1n) is 8.12. The Morgan fingerprint density at radius 2 is 1.52 bits per heavy atom. The second-order valence-electron chi connectivity index (χ2n) is 7.70. The zero-order valence-electron chi connectivity index (χ0n) is 12.1. The number of rotatable bonds is 3. The molecule has 1 aromatic rings. The van der Waals surface area contributed by atoms with Gasteiger partial charge in [-0.2, -0.15) is 0 Å². The summed E-state index contributed by atoms with van der Waals surface area (Å²) in [7, 11) is 0. The van der Waals surface area contributed by atoms with Crippen LogP contribution in [0.4, 0.5) is 0 Å². The molecule has 4 saturated carbocycles. The minimum Gasteiger partial charge on any atom is -0.122 e. The van der Waals surface area contributed by atoms with Gasteiger partial charge in [-0.15, -0.1) is 11.6 Å². The molecule has 3 heteroatoms. The molecule has 5 rings (SSSR count). The minimum absolute atomic E-state index is 0.239. The van der Waals surface area contributed by atoms with Gasteiger partial charge in [0.1, 0.15) is 0 Å². The fourth-order valence-electron chi connectivity index (χ4n) is 5.65. The van der Waals surface area contributed by atoms with Crippen molar-refractivity contribution in [1.29, 1.82) is 0 Å². The normalized spacial score (nSPS) is 38.7. The van der Waals surface area contributed by atoms with Gasteiger partial charge in [-0.05, 0) is 85.8 Å². The third-order valence-electron chi connectivity index (χ3n) is 6.15. The lowest BCUT2D eigenvalue weighted by Crippen LogP contribution is -2.50. The predicted octanol–water partition coefficient (Wildman–Crippen LogP) is 6.36. The van der Waals surface area contributed by atoms with E-state index in [1.807, 2.05) is 12.1 Å². The van der Waals surface area contributed by atoms with Crippen molar-refractivity contribution in [2.45, 2.75) is 50.3 Å². The fourth-order valence-corrected chi connectivity index (χ4v) is 6.42. The maximum atomic E-state index is 6.95. The van der Waals surface area contributed by atoms with Gasteiger partial charge in [-0.3, -0.25) is 0 Å². The average Bonchev–Trinajstić information content (AvgIpc) is 2.41. The minimum atomic E-state index is 0.239. The first kappa shape index (κ1) is 14.7. The summed E-state index contributed by atoms with van der Waals surface area (Å²) in [4.78, 5) is 0. The lowest BCUT2D eigenvalue weighted by molar-refractivity contribution is -0.0545. The molecule has 0 saturated heterocycles. The summed E-state index contributed by atoms with van der Waals surface area (Å²) in [6.45, 7) is 0. The van der Waals surface area contributed by atoms with Crippen LogP contribution in [-0.2, 0) is 6.42 Å². The van der Waals surface area contributed by atoms with Crippen molar-refractivity contribution in [1.82, 2.24) is 0 Å². The molecule has 4 bridgehead atoms. The Balaban J connectivity index is 1.54. The molecule has 0 amide bonds. The second-order valence-corrected chi connectivity index (χ2v) is 9.04. The summed E-state index contributed by atoms with van der Waals surface area (Å²) in [5.41, 5.74) is 1.61. The number of hydrogen-bond donors (Lipinski definition) is 0. The maximum Gasteiger partial charge on any atom is 0.0595 e. The van der Waals surface area contributed by atoms with Crippen LogP contribution in [0, 0.1) is 23.2 Å². The molecule has 0 aromatic heterocycles. The summed E-state index contributed by atoms with van der Waals surface area (Å²) in [5.74, 6) is 2.85. The summed E-state index contributed by atoms with van der Waals surface area (Å²) >= 11 is 19.1. The molecular formula is C18H21Cl3. The highest BCUT2D eigenvalue weighted by molar-refractivity contribution is 6.42. The predicted molar refractivity (Wildman–Crippen MR) is 90.4 cm³/mol. The summed E-state index contributed by atoms with van der Waals surface area (Å²) < 4.78 is 0. The molecule has 114 valence electrons. The van der Waals surface area contributed by atoms with Crippen LogP contribution in [0.25, 0.3) is 0 Å². The summed E-state index contributed by atoms with van der Waals surface area (Å²) in [6, 6.07) is 5.95. The van der Waals surface area contributed by atoms with Gasteiger partial charge in [0.2, 0.25) is 0 Å². The first-order chi connectivity index (χ1) is 10.0. The van der Waals surface area contributed by atoms with E-state index in [2.05, 4.69) is 6.07 Å². The van der Waals surface area contributed by atoms with E-state index in [4.69, 9.17) is 34.8 Å². The highest BCUT2D eigenvalue weighted by Crippen LogP contribution is 2.62. The van der Waals surface area contributed by atoms with Crippen molar-refractivity contribution in [3.8, 4) is 0 Å².